The van der Waals surface area contributed by atoms with Gasteiger partial charge in [0.2, 0.25) is 0 Å². The quantitative estimate of drug-likeness (QED) is 0.909. The second-order valence-corrected chi connectivity index (χ2v) is 4.27. The molecule has 0 atom stereocenters. The highest BCUT2D eigenvalue weighted by molar-refractivity contribution is 6.29. The number of nitrogens with zero attached hydrogens (tertiary/aromatic N) is 2. The Morgan fingerprint density at radius 2 is 1.90 bits per heavy atom. The van der Waals surface area contributed by atoms with E-state index in [-0.39, 0.29) is 10.8 Å². The molecule has 21 heavy (non-hydrogen) atoms. The van der Waals surface area contributed by atoms with Gasteiger partial charge in [0, 0.05) is 11.4 Å². The average molecular weight is 307 g/mol. The first kappa shape index (κ1) is 14.7. The van der Waals surface area contributed by atoms with Crippen molar-refractivity contribution in [3.05, 3.63) is 47.5 Å². The Bertz CT molecular complexity index is 678. The smallest absolute Gasteiger partial charge is 0.411 e. The molecule has 2 amide bonds. The number of nitrogens with one attached hydrogen (secondary N) is 2. The summed E-state index contributed by atoms with van der Waals surface area (Å²) in [6.45, 7) is 0. The van der Waals surface area contributed by atoms with Crippen molar-refractivity contribution in [3.63, 3.8) is 0 Å². The lowest BCUT2D eigenvalue weighted by molar-refractivity contribution is 0.102. The van der Waals surface area contributed by atoms with Crippen molar-refractivity contribution in [2.45, 2.75) is 0 Å². The molecule has 2 rings (SSSR count). The number of benzene rings is 1. The summed E-state index contributed by atoms with van der Waals surface area (Å²) in [5.74, 6) is -0.458. The number of ether oxygens (including phenoxy) is 1. The van der Waals surface area contributed by atoms with Crippen LogP contribution in [0.15, 0.2) is 36.7 Å². The number of hydrogen-bond acceptors (Lipinski definition) is 5. The first-order valence-corrected chi connectivity index (χ1v) is 6.20. The molecule has 1 aromatic heterocycles. The molecule has 0 saturated heterocycles. The van der Waals surface area contributed by atoms with Crippen molar-refractivity contribution < 1.29 is 14.3 Å². The third-order valence-corrected chi connectivity index (χ3v) is 2.57. The second kappa shape index (κ2) is 6.67. The predicted molar refractivity (Wildman–Crippen MR) is 77.5 cm³/mol. The summed E-state index contributed by atoms with van der Waals surface area (Å²) in [7, 11) is 1.26. The summed E-state index contributed by atoms with van der Waals surface area (Å²) >= 11 is 5.68. The summed E-state index contributed by atoms with van der Waals surface area (Å²) < 4.78 is 4.49. The number of methoxy groups -OCH3 is 1. The van der Waals surface area contributed by atoms with Gasteiger partial charge < -0.3 is 10.1 Å². The van der Waals surface area contributed by atoms with Crippen LogP contribution in [-0.4, -0.2) is 29.1 Å². The minimum absolute atomic E-state index is 0.0915. The van der Waals surface area contributed by atoms with E-state index < -0.39 is 12.0 Å². The largest absolute Gasteiger partial charge is 0.453 e. The van der Waals surface area contributed by atoms with E-state index in [1.54, 1.807) is 24.3 Å². The first-order valence-electron chi connectivity index (χ1n) is 5.82. The van der Waals surface area contributed by atoms with Gasteiger partial charge in [-0.25, -0.2) is 9.78 Å². The normalized spacial score (nSPS) is 9.81. The van der Waals surface area contributed by atoms with Crippen molar-refractivity contribution in [2.75, 3.05) is 17.7 Å². The molecule has 0 aliphatic rings. The fraction of sp³-hybridized carbons (Fsp3) is 0.0769. The number of hydrogen-bond donors (Lipinski definition) is 2. The van der Waals surface area contributed by atoms with Crippen LogP contribution >= 0.6 is 11.6 Å². The van der Waals surface area contributed by atoms with Gasteiger partial charge in [-0.3, -0.25) is 15.1 Å². The highest BCUT2D eigenvalue weighted by Gasteiger charge is 2.09. The van der Waals surface area contributed by atoms with Crippen molar-refractivity contribution in [1.29, 1.82) is 0 Å². The molecule has 0 bridgehead atoms. The van der Waals surface area contributed by atoms with Crippen LogP contribution in [0.2, 0.25) is 5.15 Å². The van der Waals surface area contributed by atoms with Crippen LogP contribution in [0.25, 0.3) is 0 Å². The lowest BCUT2D eigenvalue weighted by Crippen LogP contribution is -2.15. The Morgan fingerprint density at radius 1 is 1.19 bits per heavy atom. The highest BCUT2D eigenvalue weighted by Crippen LogP contribution is 2.16. The van der Waals surface area contributed by atoms with Gasteiger partial charge in [0.05, 0.1) is 19.5 Å². The molecule has 0 fully saturated rings. The first-order chi connectivity index (χ1) is 10.1. The zero-order valence-corrected chi connectivity index (χ0v) is 11.7. The van der Waals surface area contributed by atoms with Crippen LogP contribution < -0.4 is 10.6 Å². The Hall–Kier alpha value is -2.67. The molecule has 0 aliphatic heterocycles. The predicted octanol–water partition coefficient (Wildman–Crippen LogP) is 2.56. The van der Waals surface area contributed by atoms with Crippen molar-refractivity contribution in [2.24, 2.45) is 0 Å². The van der Waals surface area contributed by atoms with Crippen molar-refractivity contribution >= 4 is 35.0 Å². The average Bonchev–Trinajstić information content (AvgIpc) is 2.47. The summed E-state index contributed by atoms with van der Waals surface area (Å²) in [5.41, 5.74) is 1.06. The van der Waals surface area contributed by atoms with Crippen LogP contribution in [0.1, 0.15) is 10.5 Å². The number of anilines is 2. The van der Waals surface area contributed by atoms with E-state index in [0.717, 1.165) is 0 Å². The van der Waals surface area contributed by atoms with Crippen molar-refractivity contribution in [3.8, 4) is 0 Å². The van der Waals surface area contributed by atoms with Crippen LogP contribution in [0.4, 0.5) is 16.2 Å². The summed E-state index contributed by atoms with van der Waals surface area (Å²) in [4.78, 5) is 30.7. The standard InChI is InChI=1S/C13H11ClN4O3/c1-21-13(20)17-9-4-2-3-8(5-9)16-12(19)10-6-15-7-11(14)18-10/h2-7H,1H3,(H,16,19)(H,17,20). The van der Waals surface area contributed by atoms with Gasteiger partial charge in [-0.05, 0) is 18.2 Å². The fourth-order valence-corrected chi connectivity index (χ4v) is 1.64. The molecule has 1 aromatic carbocycles. The van der Waals surface area contributed by atoms with E-state index in [9.17, 15) is 9.59 Å². The number of carbonyl (C=O) groups excluding carboxylic acids is 2. The number of carbonyl (C=O) groups is 2. The van der Waals surface area contributed by atoms with E-state index in [2.05, 4.69) is 25.3 Å². The highest BCUT2D eigenvalue weighted by atomic mass is 35.5. The van der Waals surface area contributed by atoms with Gasteiger partial charge in [-0.1, -0.05) is 17.7 Å². The molecule has 0 saturated carbocycles. The fourth-order valence-electron chi connectivity index (χ4n) is 1.49. The zero-order chi connectivity index (χ0) is 15.2. The summed E-state index contributed by atoms with van der Waals surface area (Å²) in [6, 6.07) is 6.57. The zero-order valence-electron chi connectivity index (χ0n) is 11.0. The molecular formula is C13H11ClN4O3. The molecule has 0 radical (unpaired) electrons. The second-order valence-electron chi connectivity index (χ2n) is 3.88. The van der Waals surface area contributed by atoms with Crippen LogP contribution in [0, 0.1) is 0 Å². The lowest BCUT2D eigenvalue weighted by atomic mass is 10.2. The maximum Gasteiger partial charge on any atom is 0.411 e. The number of aromatic nitrogens is 2. The van der Waals surface area contributed by atoms with E-state index in [1.807, 2.05) is 0 Å². The summed E-state index contributed by atoms with van der Waals surface area (Å²) in [6.07, 6.45) is 2.04. The van der Waals surface area contributed by atoms with Gasteiger partial charge >= 0.3 is 6.09 Å². The molecule has 2 N–H and O–H groups in total. The monoisotopic (exact) mass is 306 g/mol. The molecule has 7 nitrogen and oxygen atoms in total. The maximum atomic E-state index is 12.0. The SMILES string of the molecule is COC(=O)Nc1cccc(NC(=O)c2cncc(Cl)n2)c1. The molecule has 8 heteroatoms. The van der Waals surface area contributed by atoms with Crippen molar-refractivity contribution in [1.82, 2.24) is 9.97 Å². The molecule has 0 unspecified atom stereocenters. The molecule has 1 heterocycles. The Balaban J connectivity index is 2.11. The minimum Gasteiger partial charge on any atom is -0.453 e. The van der Waals surface area contributed by atoms with Crippen LogP contribution in [0.5, 0.6) is 0 Å². The van der Waals surface area contributed by atoms with Gasteiger partial charge in [-0.2, -0.15) is 0 Å². The topological polar surface area (TPSA) is 93.2 Å². The third-order valence-electron chi connectivity index (χ3n) is 2.39. The van der Waals surface area contributed by atoms with E-state index in [4.69, 9.17) is 11.6 Å². The van der Waals surface area contributed by atoms with E-state index >= 15 is 0 Å². The Labute approximate surface area is 125 Å². The number of rotatable bonds is 3. The third kappa shape index (κ3) is 4.15. The van der Waals surface area contributed by atoms with E-state index in [1.165, 1.54) is 19.5 Å². The molecule has 2 aromatic rings. The summed E-state index contributed by atoms with van der Waals surface area (Å²) in [5, 5.41) is 5.25. The van der Waals surface area contributed by atoms with Gasteiger partial charge in [0.1, 0.15) is 10.8 Å². The van der Waals surface area contributed by atoms with Gasteiger partial charge in [0.25, 0.3) is 5.91 Å². The minimum atomic E-state index is -0.598. The molecule has 0 spiro atoms. The maximum absolute atomic E-state index is 12.0. The number of amides is 2. The van der Waals surface area contributed by atoms with E-state index in [0.29, 0.717) is 11.4 Å². The van der Waals surface area contributed by atoms with Gasteiger partial charge in [-0.15, -0.1) is 0 Å². The molecule has 0 aliphatic carbocycles. The molecule has 108 valence electrons. The van der Waals surface area contributed by atoms with Gasteiger partial charge in [0.15, 0.2) is 0 Å². The van der Waals surface area contributed by atoms with Crippen LogP contribution in [-0.2, 0) is 4.74 Å². The van der Waals surface area contributed by atoms with Crippen LogP contribution in [0.3, 0.4) is 0 Å². The number of halogens is 1. The Kier molecular flexibility index (Phi) is 4.68. The molecular weight excluding hydrogens is 296 g/mol. The Morgan fingerprint density at radius 3 is 2.57 bits per heavy atom. The lowest BCUT2D eigenvalue weighted by Gasteiger charge is -2.07.